The molecule has 0 spiro atoms. The van der Waals surface area contributed by atoms with Crippen molar-refractivity contribution in [2.75, 3.05) is 13.2 Å². The van der Waals surface area contributed by atoms with E-state index in [0.29, 0.717) is 12.5 Å². The molecule has 1 aliphatic heterocycles. The maximum atomic E-state index is 8.83. The molecular weight excluding hydrogens is 156 g/mol. The minimum absolute atomic E-state index is 0.155. The molecule has 0 radical (unpaired) electrons. The van der Waals surface area contributed by atoms with Crippen LogP contribution in [-0.2, 0) is 9.47 Å². The Morgan fingerprint density at radius 3 is 2.67 bits per heavy atom. The Hall–Kier alpha value is -0.120. The van der Waals surface area contributed by atoms with E-state index in [1.54, 1.807) is 0 Å². The van der Waals surface area contributed by atoms with Crippen LogP contribution < -0.4 is 0 Å². The highest BCUT2D eigenvalue weighted by atomic mass is 16.7. The molecule has 0 bridgehead atoms. The van der Waals surface area contributed by atoms with Gasteiger partial charge in [0.1, 0.15) is 0 Å². The molecule has 0 aromatic carbocycles. The van der Waals surface area contributed by atoms with Crippen molar-refractivity contribution in [3.8, 4) is 0 Å². The lowest BCUT2D eigenvalue weighted by Crippen LogP contribution is -2.22. The van der Waals surface area contributed by atoms with E-state index in [1.807, 2.05) is 20.8 Å². The highest BCUT2D eigenvalue weighted by Crippen LogP contribution is 2.25. The molecule has 0 aliphatic carbocycles. The van der Waals surface area contributed by atoms with Gasteiger partial charge in [-0.25, -0.2) is 0 Å². The van der Waals surface area contributed by atoms with E-state index >= 15 is 0 Å². The molecule has 72 valence electrons. The average Bonchev–Trinajstić information content (AvgIpc) is 2.30. The average molecular weight is 174 g/mol. The molecule has 1 N–H and O–H groups in total. The quantitative estimate of drug-likeness (QED) is 0.697. The first-order valence-electron chi connectivity index (χ1n) is 4.46. The number of hydrogen-bond donors (Lipinski definition) is 1. The highest BCUT2D eigenvalue weighted by molar-refractivity contribution is 4.72. The molecule has 0 aromatic rings. The summed E-state index contributed by atoms with van der Waals surface area (Å²) in [6.07, 6.45) is 1.03. The van der Waals surface area contributed by atoms with Crippen LogP contribution in [0.3, 0.4) is 0 Å². The largest absolute Gasteiger partial charge is 0.396 e. The lowest BCUT2D eigenvalue weighted by molar-refractivity contribution is -0.140. The Morgan fingerprint density at radius 2 is 2.25 bits per heavy atom. The molecular formula is C9H18O3. The number of rotatable bonds is 3. The van der Waals surface area contributed by atoms with Gasteiger partial charge in [0, 0.05) is 6.61 Å². The predicted molar refractivity (Wildman–Crippen MR) is 45.8 cm³/mol. The summed E-state index contributed by atoms with van der Waals surface area (Å²) in [5, 5.41) is 8.83. The van der Waals surface area contributed by atoms with Gasteiger partial charge in [0.2, 0.25) is 0 Å². The van der Waals surface area contributed by atoms with Crippen molar-refractivity contribution in [1.82, 2.24) is 0 Å². The highest BCUT2D eigenvalue weighted by Gasteiger charge is 2.32. The van der Waals surface area contributed by atoms with Gasteiger partial charge in [-0.2, -0.15) is 0 Å². The van der Waals surface area contributed by atoms with Gasteiger partial charge >= 0.3 is 0 Å². The summed E-state index contributed by atoms with van der Waals surface area (Å²) in [6.45, 7) is 6.71. The molecule has 1 aliphatic rings. The third-order valence-corrected chi connectivity index (χ3v) is 2.04. The van der Waals surface area contributed by atoms with Gasteiger partial charge in [-0.15, -0.1) is 0 Å². The topological polar surface area (TPSA) is 38.7 Å². The summed E-state index contributed by atoms with van der Waals surface area (Å²) in [6, 6.07) is 0. The van der Waals surface area contributed by atoms with Crippen molar-refractivity contribution in [3.05, 3.63) is 0 Å². The maximum Gasteiger partial charge on any atom is 0.163 e. The van der Waals surface area contributed by atoms with Gasteiger partial charge in [0.05, 0.1) is 12.7 Å². The van der Waals surface area contributed by atoms with Gasteiger partial charge in [0.25, 0.3) is 0 Å². The van der Waals surface area contributed by atoms with Crippen LogP contribution in [0.5, 0.6) is 0 Å². The summed E-state index contributed by atoms with van der Waals surface area (Å²) in [5.74, 6) is -0.132. The van der Waals surface area contributed by atoms with E-state index in [1.165, 1.54) is 0 Å². The third kappa shape index (κ3) is 2.73. The molecule has 0 amide bonds. The van der Waals surface area contributed by atoms with Crippen molar-refractivity contribution in [2.45, 2.75) is 39.1 Å². The summed E-state index contributed by atoms with van der Waals surface area (Å²) >= 11 is 0. The first-order valence-corrected chi connectivity index (χ1v) is 4.46. The van der Waals surface area contributed by atoms with Crippen LogP contribution in [0, 0.1) is 5.92 Å². The molecule has 0 saturated carbocycles. The first kappa shape index (κ1) is 9.96. The van der Waals surface area contributed by atoms with Crippen LogP contribution in [0.2, 0.25) is 0 Å². The van der Waals surface area contributed by atoms with E-state index in [2.05, 4.69) is 0 Å². The standard InChI is InChI=1S/C9H18O3/c1-7(5-10)4-8-6-11-9(2,3)12-8/h7-8,10H,4-6H2,1-3H3/t7?,8-/m0/s1. The van der Waals surface area contributed by atoms with Gasteiger partial charge in [-0.05, 0) is 26.2 Å². The summed E-state index contributed by atoms with van der Waals surface area (Å²) in [7, 11) is 0. The smallest absolute Gasteiger partial charge is 0.163 e. The second-order valence-electron chi connectivity index (χ2n) is 3.97. The third-order valence-electron chi connectivity index (χ3n) is 2.04. The molecule has 1 fully saturated rings. The van der Waals surface area contributed by atoms with Crippen molar-refractivity contribution in [2.24, 2.45) is 5.92 Å². The molecule has 12 heavy (non-hydrogen) atoms. The second kappa shape index (κ2) is 3.73. The minimum atomic E-state index is -0.431. The van der Waals surface area contributed by atoms with Crippen LogP contribution in [0.4, 0.5) is 0 Å². The minimum Gasteiger partial charge on any atom is -0.396 e. The van der Waals surface area contributed by atoms with E-state index in [4.69, 9.17) is 14.6 Å². The zero-order valence-electron chi connectivity index (χ0n) is 8.04. The zero-order valence-corrected chi connectivity index (χ0v) is 8.04. The number of aliphatic hydroxyl groups excluding tert-OH is 1. The fourth-order valence-electron chi connectivity index (χ4n) is 1.40. The summed E-state index contributed by atoms with van der Waals surface area (Å²) < 4.78 is 11.0. The number of hydrogen-bond acceptors (Lipinski definition) is 3. The van der Waals surface area contributed by atoms with Gasteiger partial charge < -0.3 is 14.6 Å². The van der Waals surface area contributed by atoms with Crippen molar-refractivity contribution in [3.63, 3.8) is 0 Å². The van der Waals surface area contributed by atoms with Crippen LogP contribution >= 0.6 is 0 Å². The van der Waals surface area contributed by atoms with Gasteiger partial charge in [-0.3, -0.25) is 0 Å². The van der Waals surface area contributed by atoms with Gasteiger partial charge in [0.15, 0.2) is 5.79 Å². The van der Waals surface area contributed by atoms with Crippen molar-refractivity contribution < 1.29 is 14.6 Å². The van der Waals surface area contributed by atoms with Gasteiger partial charge in [-0.1, -0.05) is 6.92 Å². The zero-order chi connectivity index (χ0) is 9.19. The van der Waals surface area contributed by atoms with Crippen LogP contribution in [-0.4, -0.2) is 30.2 Å². The molecule has 3 heteroatoms. The van der Waals surface area contributed by atoms with Crippen LogP contribution in [0.15, 0.2) is 0 Å². The Morgan fingerprint density at radius 1 is 1.58 bits per heavy atom. The molecule has 1 unspecified atom stereocenters. The lowest BCUT2D eigenvalue weighted by Gasteiger charge is -2.18. The monoisotopic (exact) mass is 174 g/mol. The maximum absolute atomic E-state index is 8.83. The van der Waals surface area contributed by atoms with Crippen LogP contribution in [0.1, 0.15) is 27.2 Å². The van der Waals surface area contributed by atoms with E-state index in [0.717, 1.165) is 6.42 Å². The Bertz CT molecular complexity index is 145. The Labute approximate surface area is 73.7 Å². The Balaban J connectivity index is 2.28. The summed E-state index contributed by atoms with van der Waals surface area (Å²) in [5.41, 5.74) is 0. The SMILES string of the molecule is CC(CO)C[C@H]1COC(C)(C)O1. The van der Waals surface area contributed by atoms with E-state index in [9.17, 15) is 0 Å². The summed E-state index contributed by atoms with van der Waals surface area (Å²) in [4.78, 5) is 0. The molecule has 1 rings (SSSR count). The van der Waals surface area contributed by atoms with E-state index in [-0.39, 0.29) is 12.7 Å². The normalized spacial score (nSPS) is 30.5. The van der Waals surface area contributed by atoms with Crippen LogP contribution in [0.25, 0.3) is 0 Å². The second-order valence-corrected chi connectivity index (χ2v) is 3.97. The molecule has 0 aromatic heterocycles. The molecule has 2 atom stereocenters. The number of aliphatic hydroxyl groups is 1. The molecule has 1 heterocycles. The fraction of sp³-hybridized carbons (Fsp3) is 1.00. The Kier molecular flexibility index (Phi) is 3.09. The number of ether oxygens (including phenoxy) is 2. The first-order chi connectivity index (χ1) is 5.53. The predicted octanol–water partition coefficient (Wildman–Crippen LogP) is 1.16. The lowest BCUT2D eigenvalue weighted by atomic mass is 10.1. The van der Waals surface area contributed by atoms with E-state index < -0.39 is 5.79 Å². The molecule has 3 nitrogen and oxygen atoms in total. The van der Waals surface area contributed by atoms with Crippen molar-refractivity contribution in [1.29, 1.82) is 0 Å². The fourth-order valence-corrected chi connectivity index (χ4v) is 1.40. The molecule has 1 saturated heterocycles. The van der Waals surface area contributed by atoms with Crippen molar-refractivity contribution >= 4 is 0 Å².